The summed E-state index contributed by atoms with van der Waals surface area (Å²) in [5.41, 5.74) is 6.15. The molecule has 4 heteroatoms. The third-order valence-electron chi connectivity index (χ3n) is 5.05. The number of carbonyl (C=O) groups excluding carboxylic acids is 1. The van der Waals surface area contributed by atoms with Crippen LogP contribution in [0, 0.1) is 0 Å². The molecule has 0 radical (unpaired) electrons. The van der Waals surface area contributed by atoms with E-state index in [0.29, 0.717) is 6.04 Å². The first-order chi connectivity index (χ1) is 10.8. The second kappa shape index (κ2) is 5.52. The number of hydrogen-bond donors (Lipinski definition) is 1. The van der Waals surface area contributed by atoms with Gasteiger partial charge < -0.3 is 15.0 Å². The lowest BCUT2D eigenvalue weighted by atomic mass is 10.0. The molecule has 1 saturated carbocycles. The molecule has 0 atom stereocenters. The van der Waals surface area contributed by atoms with Crippen LogP contribution in [0.25, 0.3) is 0 Å². The number of hydrogen-bond acceptors (Lipinski definition) is 3. The fraction of sp³-hybridized carbons (Fsp3) is 0.500. The highest BCUT2D eigenvalue weighted by atomic mass is 16.5. The molecule has 1 saturated heterocycles. The molecule has 1 amide bonds. The zero-order valence-corrected chi connectivity index (χ0v) is 13.0. The molecule has 4 nitrogen and oxygen atoms in total. The zero-order chi connectivity index (χ0) is 15.1. The van der Waals surface area contributed by atoms with E-state index in [0.717, 1.165) is 56.6 Å². The molecule has 0 aromatic rings. The van der Waals surface area contributed by atoms with Crippen LogP contribution in [-0.2, 0) is 9.53 Å². The van der Waals surface area contributed by atoms with Crippen LogP contribution in [0.2, 0.25) is 0 Å². The quantitative estimate of drug-likeness (QED) is 0.840. The van der Waals surface area contributed by atoms with Crippen molar-refractivity contribution in [2.75, 3.05) is 33.4 Å². The monoisotopic (exact) mass is 298 g/mol. The Labute approximate surface area is 131 Å². The highest BCUT2D eigenvalue weighted by molar-refractivity contribution is 6.01. The van der Waals surface area contributed by atoms with Crippen LogP contribution < -0.4 is 5.32 Å². The van der Waals surface area contributed by atoms with Crippen molar-refractivity contribution in [2.45, 2.75) is 25.3 Å². The van der Waals surface area contributed by atoms with Gasteiger partial charge in [0, 0.05) is 38.4 Å². The van der Waals surface area contributed by atoms with Crippen molar-refractivity contribution in [1.82, 2.24) is 10.2 Å². The van der Waals surface area contributed by atoms with E-state index in [1.807, 2.05) is 6.08 Å². The SMILES string of the molecule is COCCN1CCC(NC(=O)C2=C3C=C4CC4=C3C=C2)CC1. The molecule has 2 fully saturated rings. The van der Waals surface area contributed by atoms with Crippen molar-refractivity contribution in [2.24, 2.45) is 0 Å². The maximum Gasteiger partial charge on any atom is 0.252 e. The van der Waals surface area contributed by atoms with Crippen LogP contribution in [0.1, 0.15) is 19.3 Å². The molecule has 3 aliphatic carbocycles. The molecule has 1 N–H and O–H groups in total. The van der Waals surface area contributed by atoms with Gasteiger partial charge in [0.15, 0.2) is 0 Å². The molecule has 0 unspecified atom stereocenters. The normalized spacial score (nSPS) is 23.8. The number of methoxy groups -OCH3 is 1. The molecular weight excluding hydrogens is 276 g/mol. The summed E-state index contributed by atoms with van der Waals surface area (Å²) >= 11 is 0. The number of rotatable bonds is 5. The molecule has 22 heavy (non-hydrogen) atoms. The fourth-order valence-corrected chi connectivity index (χ4v) is 3.62. The molecular formula is C18H22N2O2. The molecule has 0 aromatic carbocycles. The number of carbonyl (C=O) groups is 1. The Hall–Kier alpha value is -1.65. The summed E-state index contributed by atoms with van der Waals surface area (Å²) < 4.78 is 5.12. The van der Waals surface area contributed by atoms with E-state index in [9.17, 15) is 4.79 Å². The summed E-state index contributed by atoms with van der Waals surface area (Å²) in [7, 11) is 1.74. The van der Waals surface area contributed by atoms with Crippen LogP contribution in [0.3, 0.4) is 0 Å². The van der Waals surface area contributed by atoms with Gasteiger partial charge in [0.2, 0.25) is 0 Å². The highest BCUT2D eigenvalue weighted by Crippen LogP contribution is 2.51. The van der Waals surface area contributed by atoms with Crippen LogP contribution in [0.4, 0.5) is 0 Å². The van der Waals surface area contributed by atoms with Crippen molar-refractivity contribution in [3.63, 3.8) is 0 Å². The van der Waals surface area contributed by atoms with Crippen LogP contribution >= 0.6 is 0 Å². The number of piperidine rings is 1. The van der Waals surface area contributed by atoms with E-state index in [2.05, 4.69) is 22.4 Å². The van der Waals surface area contributed by atoms with Crippen molar-refractivity contribution in [3.8, 4) is 0 Å². The highest BCUT2D eigenvalue weighted by Gasteiger charge is 2.36. The largest absolute Gasteiger partial charge is 0.383 e. The lowest BCUT2D eigenvalue weighted by Crippen LogP contribution is -2.45. The number of likely N-dealkylation sites (tertiary alicyclic amines) is 1. The molecule has 4 aliphatic rings. The first-order valence-electron chi connectivity index (χ1n) is 8.15. The fourth-order valence-electron chi connectivity index (χ4n) is 3.62. The maximum absolute atomic E-state index is 12.5. The van der Waals surface area contributed by atoms with Crippen molar-refractivity contribution < 1.29 is 9.53 Å². The van der Waals surface area contributed by atoms with E-state index in [4.69, 9.17) is 4.74 Å². The van der Waals surface area contributed by atoms with Gasteiger partial charge in [-0.05, 0) is 53.7 Å². The first-order valence-corrected chi connectivity index (χ1v) is 8.15. The van der Waals surface area contributed by atoms with E-state index < -0.39 is 0 Å². The van der Waals surface area contributed by atoms with Gasteiger partial charge in [0.05, 0.1) is 6.61 Å². The first kappa shape index (κ1) is 14.0. The Morgan fingerprint density at radius 1 is 1.32 bits per heavy atom. The number of allylic oxidation sites excluding steroid dienone is 6. The lowest BCUT2D eigenvalue weighted by Gasteiger charge is -2.32. The summed E-state index contributed by atoms with van der Waals surface area (Å²) in [4.78, 5) is 14.9. The minimum atomic E-state index is 0.0929. The average Bonchev–Trinajstić information content (AvgIpc) is 3.01. The Morgan fingerprint density at radius 2 is 2.14 bits per heavy atom. The second-order valence-corrected chi connectivity index (χ2v) is 6.48. The lowest BCUT2D eigenvalue weighted by molar-refractivity contribution is -0.118. The topological polar surface area (TPSA) is 41.6 Å². The smallest absolute Gasteiger partial charge is 0.252 e. The number of nitrogens with zero attached hydrogens (tertiary/aromatic N) is 1. The van der Waals surface area contributed by atoms with E-state index in [-0.39, 0.29) is 5.91 Å². The van der Waals surface area contributed by atoms with E-state index in [1.165, 1.54) is 16.7 Å². The van der Waals surface area contributed by atoms with Gasteiger partial charge in [-0.2, -0.15) is 0 Å². The van der Waals surface area contributed by atoms with Crippen LogP contribution in [0.15, 0.2) is 46.1 Å². The van der Waals surface area contributed by atoms with Gasteiger partial charge in [0.1, 0.15) is 0 Å². The molecule has 116 valence electrons. The Kier molecular flexibility index (Phi) is 3.51. The second-order valence-electron chi connectivity index (χ2n) is 6.48. The third-order valence-corrected chi connectivity index (χ3v) is 5.05. The standard InChI is InChI=1S/C18H22N2O2/c1-22-9-8-20-6-4-13(5-7-20)19-18(21)15-3-2-14-16-10-12(16)11-17(14)15/h2-3,11,13H,4-10H2,1H3,(H,19,21). The number of amides is 1. The minimum absolute atomic E-state index is 0.0929. The predicted octanol–water partition coefficient (Wildman–Crippen LogP) is 1.72. The molecule has 4 rings (SSSR count). The minimum Gasteiger partial charge on any atom is -0.383 e. The Balaban J connectivity index is 1.33. The maximum atomic E-state index is 12.5. The molecule has 1 aliphatic heterocycles. The van der Waals surface area contributed by atoms with Crippen molar-refractivity contribution in [3.05, 3.63) is 46.1 Å². The predicted molar refractivity (Wildman–Crippen MR) is 85.4 cm³/mol. The molecule has 1 heterocycles. The van der Waals surface area contributed by atoms with Crippen LogP contribution in [-0.4, -0.2) is 50.2 Å². The van der Waals surface area contributed by atoms with Gasteiger partial charge in [0.25, 0.3) is 5.91 Å². The summed E-state index contributed by atoms with van der Waals surface area (Å²) in [5, 5.41) is 3.22. The van der Waals surface area contributed by atoms with Gasteiger partial charge >= 0.3 is 0 Å². The van der Waals surface area contributed by atoms with E-state index in [1.54, 1.807) is 7.11 Å². The van der Waals surface area contributed by atoms with Crippen molar-refractivity contribution in [1.29, 1.82) is 0 Å². The molecule has 0 spiro atoms. The number of fused-ring (bicyclic) bond motifs is 2. The summed E-state index contributed by atoms with van der Waals surface area (Å²) in [6.07, 6.45) is 9.44. The Morgan fingerprint density at radius 3 is 2.91 bits per heavy atom. The van der Waals surface area contributed by atoms with Gasteiger partial charge in [-0.3, -0.25) is 4.79 Å². The van der Waals surface area contributed by atoms with Crippen molar-refractivity contribution >= 4 is 5.91 Å². The number of ether oxygens (including phenoxy) is 1. The Bertz CT molecular complexity index is 631. The number of nitrogens with one attached hydrogen (secondary N) is 1. The molecule has 0 aromatic heterocycles. The average molecular weight is 298 g/mol. The zero-order valence-electron chi connectivity index (χ0n) is 13.0. The van der Waals surface area contributed by atoms with Gasteiger partial charge in [-0.25, -0.2) is 0 Å². The van der Waals surface area contributed by atoms with Crippen LogP contribution in [0.5, 0.6) is 0 Å². The summed E-state index contributed by atoms with van der Waals surface area (Å²) in [6, 6.07) is 0.299. The third kappa shape index (κ3) is 2.46. The van der Waals surface area contributed by atoms with Gasteiger partial charge in [-0.15, -0.1) is 0 Å². The summed E-state index contributed by atoms with van der Waals surface area (Å²) in [6.45, 7) is 3.84. The van der Waals surface area contributed by atoms with Gasteiger partial charge in [-0.1, -0.05) is 6.08 Å². The molecule has 0 bridgehead atoms. The summed E-state index contributed by atoms with van der Waals surface area (Å²) in [5.74, 6) is 0.0929. The van der Waals surface area contributed by atoms with E-state index >= 15 is 0 Å².